The number of nitrogens with one attached hydrogen (secondary N) is 2. The zero-order valence-electron chi connectivity index (χ0n) is 25.3. The predicted molar refractivity (Wildman–Crippen MR) is 157 cm³/mol. The minimum Gasteiger partial charge on any atom is -0.507 e. The van der Waals surface area contributed by atoms with Crippen LogP contribution in [-0.4, -0.2) is 45.6 Å². The highest BCUT2D eigenvalue weighted by atomic mass is 16.6. The summed E-state index contributed by atoms with van der Waals surface area (Å²) in [6.45, 7) is 16.7. The lowest BCUT2D eigenvalue weighted by molar-refractivity contribution is -0.142. The van der Waals surface area contributed by atoms with E-state index < -0.39 is 29.7 Å². The second-order valence-electron chi connectivity index (χ2n) is 12.2. The molecule has 3 amide bonds. The van der Waals surface area contributed by atoms with Gasteiger partial charge in [-0.1, -0.05) is 63.6 Å². The van der Waals surface area contributed by atoms with E-state index in [1.54, 1.807) is 50.8 Å². The number of hydrogen-bond acceptors (Lipinski definition) is 5. The molecule has 0 aliphatic heterocycles. The molecule has 1 fully saturated rings. The summed E-state index contributed by atoms with van der Waals surface area (Å²) in [5, 5.41) is 17.0. The van der Waals surface area contributed by atoms with Gasteiger partial charge in [-0.05, 0) is 76.5 Å². The summed E-state index contributed by atoms with van der Waals surface area (Å²) < 4.78 is 5.48. The molecule has 8 nitrogen and oxygen atoms in total. The first-order valence-electron chi connectivity index (χ1n) is 14.1. The van der Waals surface area contributed by atoms with E-state index in [4.69, 9.17) is 4.74 Å². The predicted octanol–water partition coefficient (Wildman–Crippen LogP) is 6.17. The van der Waals surface area contributed by atoms with Gasteiger partial charge in [-0.3, -0.25) is 9.59 Å². The second kappa shape index (κ2) is 12.3. The van der Waals surface area contributed by atoms with Gasteiger partial charge in [-0.15, -0.1) is 0 Å². The maximum atomic E-state index is 14.5. The molecular weight excluding hydrogens is 506 g/mol. The van der Waals surface area contributed by atoms with Crippen molar-refractivity contribution in [2.45, 2.75) is 98.9 Å². The van der Waals surface area contributed by atoms with Gasteiger partial charge in [-0.2, -0.15) is 0 Å². The van der Waals surface area contributed by atoms with Gasteiger partial charge in [0.1, 0.15) is 23.4 Å². The molecule has 0 heterocycles. The first-order chi connectivity index (χ1) is 18.7. The highest BCUT2D eigenvalue weighted by Gasteiger charge is 2.49. The molecule has 2 aromatic carbocycles. The SMILES string of the molecule is CCC(C)C(NC(=O)OC(C)(C)C)C(=O)N(C(C(=O)Nc1c(C)cccc1C)c1cccc(C)c1O)C1CC1C. The molecule has 1 aliphatic carbocycles. The number of rotatable bonds is 9. The molecule has 40 heavy (non-hydrogen) atoms. The van der Waals surface area contributed by atoms with Crippen molar-refractivity contribution in [2.24, 2.45) is 11.8 Å². The van der Waals surface area contributed by atoms with Gasteiger partial charge >= 0.3 is 6.09 Å². The largest absolute Gasteiger partial charge is 0.507 e. The fourth-order valence-electron chi connectivity index (χ4n) is 4.97. The normalized spacial score (nSPS) is 18.7. The van der Waals surface area contributed by atoms with Crippen molar-refractivity contribution >= 4 is 23.6 Å². The average molecular weight is 552 g/mol. The molecule has 0 bridgehead atoms. The van der Waals surface area contributed by atoms with Crippen LogP contribution in [0.15, 0.2) is 36.4 Å². The van der Waals surface area contributed by atoms with Gasteiger partial charge in [0, 0.05) is 17.3 Å². The van der Waals surface area contributed by atoms with Crippen LogP contribution in [0.25, 0.3) is 0 Å². The van der Waals surface area contributed by atoms with Crippen molar-refractivity contribution in [2.75, 3.05) is 5.32 Å². The Labute approximate surface area is 238 Å². The van der Waals surface area contributed by atoms with E-state index in [0.717, 1.165) is 11.1 Å². The van der Waals surface area contributed by atoms with Crippen molar-refractivity contribution in [3.8, 4) is 5.75 Å². The second-order valence-corrected chi connectivity index (χ2v) is 12.2. The highest BCUT2D eigenvalue weighted by molar-refractivity contribution is 6.00. The van der Waals surface area contributed by atoms with Crippen molar-refractivity contribution in [3.63, 3.8) is 0 Å². The van der Waals surface area contributed by atoms with Crippen LogP contribution in [0.1, 0.15) is 82.7 Å². The molecule has 0 saturated heterocycles. The van der Waals surface area contributed by atoms with Crippen LogP contribution in [0.5, 0.6) is 5.75 Å². The number of aromatic hydroxyl groups is 1. The maximum absolute atomic E-state index is 14.5. The highest BCUT2D eigenvalue weighted by Crippen LogP contribution is 2.43. The third-order valence-electron chi connectivity index (χ3n) is 7.65. The summed E-state index contributed by atoms with van der Waals surface area (Å²) in [6, 6.07) is 8.70. The van der Waals surface area contributed by atoms with Gasteiger partial charge in [0.05, 0.1) is 0 Å². The molecule has 0 spiro atoms. The fraction of sp³-hybridized carbons (Fsp3) is 0.531. The molecule has 8 heteroatoms. The number of carbonyl (C=O) groups excluding carboxylic acids is 3. The van der Waals surface area contributed by atoms with E-state index in [-0.39, 0.29) is 29.5 Å². The lowest BCUT2D eigenvalue weighted by Gasteiger charge is -2.37. The monoisotopic (exact) mass is 551 g/mol. The van der Waals surface area contributed by atoms with E-state index in [1.807, 2.05) is 52.8 Å². The Bertz CT molecular complexity index is 1230. The van der Waals surface area contributed by atoms with Crippen molar-refractivity contribution < 1.29 is 24.2 Å². The number of nitrogens with zero attached hydrogens (tertiary/aromatic N) is 1. The first-order valence-corrected chi connectivity index (χ1v) is 14.1. The molecule has 5 atom stereocenters. The van der Waals surface area contributed by atoms with E-state index in [2.05, 4.69) is 10.6 Å². The number of hydrogen-bond donors (Lipinski definition) is 3. The topological polar surface area (TPSA) is 108 Å². The molecule has 1 saturated carbocycles. The van der Waals surface area contributed by atoms with Gasteiger partial charge in [0.25, 0.3) is 5.91 Å². The van der Waals surface area contributed by atoms with Crippen molar-refractivity contribution in [3.05, 3.63) is 58.7 Å². The smallest absolute Gasteiger partial charge is 0.408 e. The number of phenols is 1. The maximum Gasteiger partial charge on any atom is 0.408 e. The van der Waals surface area contributed by atoms with Crippen molar-refractivity contribution in [1.29, 1.82) is 0 Å². The van der Waals surface area contributed by atoms with Crippen LogP contribution in [0.2, 0.25) is 0 Å². The average Bonchev–Trinajstić information content (AvgIpc) is 3.58. The number of benzene rings is 2. The van der Waals surface area contributed by atoms with Gasteiger partial charge in [-0.25, -0.2) is 4.79 Å². The minimum absolute atomic E-state index is 0.0320. The summed E-state index contributed by atoms with van der Waals surface area (Å²) in [4.78, 5) is 43.1. The minimum atomic E-state index is -1.12. The summed E-state index contributed by atoms with van der Waals surface area (Å²) >= 11 is 0. The lowest BCUT2D eigenvalue weighted by Crippen LogP contribution is -2.55. The number of alkyl carbamates (subject to hydrolysis) is 1. The Morgan fingerprint density at radius 2 is 1.60 bits per heavy atom. The molecule has 3 N–H and O–H groups in total. The summed E-state index contributed by atoms with van der Waals surface area (Å²) in [5.41, 5.74) is 2.66. The van der Waals surface area contributed by atoms with Crippen LogP contribution in [0.3, 0.4) is 0 Å². The Balaban J connectivity index is 2.12. The Kier molecular flexibility index (Phi) is 9.54. The number of anilines is 1. The lowest BCUT2D eigenvalue weighted by atomic mass is 9.94. The summed E-state index contributed by atoms with van der Waals surface area (Å²) in [5.74, 6) is -0.908. The third kappa shape index (κ3) is 7.14. The molecular formula is C32H45N3O5. The van der Waals surface area contributed by atoms with Gasteiger partial charge in [0.15, 0.2) is 0 Å². The number of carbonyl (C=O) groups is 3. The summed E-state index contributed by atoms with van der Waals surface area (Å²) in [7, 11) is 0. The van der Waals surface area contributed by atoms with Crippen LogP contribution in [0, 0.1) is 32.6 Å². The standard InChI is InChI=1S/C32H45N3O5/c1-10-18(2)26(34-31(39)40-32(7,8)9)30(38)35(24-17-22(24)6)27(23-16-12-15-21(5)28(23)36)29(37)33-25-19(3)13-11-14-20(25)4/h11-16,18,22,24,26-27,36H,10,17H2,1-9H3,(H,33,37)(H,34,39). The van der Waals surface area contributed by atoms with Crippen LogP contribution in [0.4, 0.5) is 10.5 Å². The van der Waals surface area contributed by atoms with E-state index in [9.17, 15) is 19.5 Å². The molecule has 3 rings (SSSR count). The van der Waals surface area contributed by atoms with E-state index in [1.165, 1.54) is 0 Å². The Morgan fingerprint density at radius 3 is 2.12 bits per heavy atom. The number of phenolic OH excluding ortho intramolecular Hbond substituents is 1. The number of amides is 3. The third-order valence-corrected chi connectivity index (χ3v) is 7.65. The zero-order chi connectivity index (χ0) is 29.9. The van der Waals surface area contributed by atoms with E-state index >= 15 is 0 Å². The Morgan fingerprint density at radius 1 is 1.05 bits per heavy atom. The number of ether oxygens (including phenoxy) is 1. The molecule has 218 valence electrons. The van der Waals surface area contributed by atoms with Gasteiger partial charge in [0.2, 0.25) is 5.91 Å². The number of aryl methyl sites for hydroxylation is 3. The zero-order valence-corrected chi connectivity index (χ0v) is 25.3. The molecule has 0 radical (unpaired) electrons. The van der Waals surface area contributed by atoms with Gasteiger partial charge < -0.3 is 25.4 Å². The molecule has 1 aliphatic rings. The number of para-hydroxylation sites is 2. The van der Waals surface area contributed by atoms with Crippen LogP contribution in [-0.2, 0) is 14.3 Å². The van der Waals surface area contributed by atoms with Crippen LogP contribution >= 0.6 is 0 Å². The first kappa shape index (κ1) is 31.0. The quantitative estimate of drug-likeness (QED) is 0.345. The Hall–Kier alpha value is -3.55. The van der Waals surface area contributed by atoms with E-state index in [0.29, 0.717) is 29.7 Å². The molecule has 5 unspecified atom stereocenters. The molecule has 2 aromatic rings. The molecule has 0 aromatic heterocycles. The van der Waals surface area contributed by atoms with Crippen molar-refractivity contribution in [1.82, 2.24) is 10.2 Å². The van der Waals surface area contributed by atoms with Crippen LogP contribution < -0.4 is 10.6 Å². The fourth-order valence-corrected chi connectivity index (χ4v) is 4.97. The summed E-state index contributed by atoms with van der Waals surface area (Å²) in [6.07, 6.45) is 0.644.